The van der Waals surface area contributed by atoms with Crippen molar-refractivity contribution in [2.75, 3.05) is 7.11 Å². The molecule has 0 fully saturated rings. The molecule has 0 saturated heterocycles. The Balaban J connectivity index is 2.07. The number of hydrogen-bond acceptors (Lipinski definition) is 4. The minimum Gasteiger partial charge on any atom is -0.463 e. The zero-order valence-corrected chi connectivity index (χ0v) is 10.3. The van der Waals surface area contributed by atoms with E-state index in [2.05, 4.69) is 4.74 Å². The number of rotatable bonds is 4. The molecule has 100 valence electrons. The number of furan rings is 1. The third kappa shape index (κ3) is 3.20. The van der Waals surface area contributed by atoms with Gasteiger partial charge in [0.2, 0.25) is 5.76 Å². The van der Waals surface area contributed by atoms with Crippen molar-refractivity contribution in [1.29, 1.82) is 0 Å². The van der Waals surface area contributed by atoms with Crippen LogP contribution in [0.5, 0.6) is 0 Å². The fourth-order valence-corrected chi connectivity index (χ4v) is 1.69. The van der Waals surface area contributed by atoms with Crippen LogP contribution in [-0.4, -0.2) is 18.2 Å². The third-order valence-corrected chi connectivity index (χ3v) is 2.68. The van der Waals surface area contributed by atoms with E-state index in [9.17, 15) is 14.3 Å². The van der Waals surface area contributed by atoms with Gasteiger partial charge in [-0.25, -0.2) is 9.18 Å². The summed E-state index contributed by atoms with van der Waals surface area (Å²) in [5, 5.41) is 9.97. The molecular formula is C14H13FO4. The lowest BCUT2D eigenvalue weighted by atomic mass is 10.1. The third-order valence-electron chi connectivity index (χ3n) is 2.68. The largest absolute Gasteiger partial charge is 0.463 e. The lowest BCUT2D eigenvalue weighted by Crippen LogP contribution is -2.01. The molecule has 1 unspecified atom stereocenters. The molecule has 1 N–H and O–H groups in total. The molecule has 1 aromatic carbocycles. The molecule has 4 nitrogen and oxygen atoms in total. The highest BCUT2D eigenvalue weighted by Crippen LogP contribution is 2.21. The smallest absolute Gasteiger partial charge is 0.373 e. The SMILES string of the molecule is COC(=O)c1ccc(C(O)Cc2ccc(F)cc2)o1. The molecule has 5 heteroatoms. The highest BCUT2D eigenvalue weighted by atomic mass is 19.1. The van der Waals surface area contributed by atoms with E-state index < -0.39 is 12.1 Å². The first-order chi connectivity index (χ1) is 9.10. The molecule has 0 aliphatic rings. The predicted molar refractivity (Wildman–Crippen MR) is 65.1 cm³/mol. The monoisotopic (exact) mass is 264 g/mol. The molecule has 0 aliphatic carbocycles. The van der Waals surface area contributed by atoms with Crippen LogP contribution in [0.4, 0.5) is 4.39 Å². The van der Waals surface area contributed by atoms with Crippen molar-refractivity contribution >= 4 is 5.97 Å². The van der Waals surface area contributed by atoms with E-state index in [0.29, 0.717) is 0 Å². The molecule has 1 aromatic heterocycles. The summed E-state index contributed by atoms with van der Waals surface area (Å²) in [6, 6.07) is 8.77. The minimum atomic E-state index is -0.899. The number of carbonyl (C=O) groups is 1. The molecule has 0 saturated carbocycles. The van der Waals surface area contributed by atoms with Gasteiger partial charge in [-0.05, 0) is 29.8 Å². The quantitative estimate of drug-likeness (QED) is 0.862. The Bertz CT molecular complexity index is 559. The van der Waals surface area contributed by atoms with Crippen molar-refractivity contribution < 1.29 is 23.4 Å². The summed E-state index contributed by atoms with van der Waals surface area (Å²) in [5.41, 5.74) is 0.768. The number of hydrogen-bond donors (Lipinski definition) is 1. The van der Waals surface area contributed by atoms with E-state index in [-0.39, 0.29) is 23.8 Å². The normalized spacial score (nSPS) is 12.2. The second-order valence-corrected chi connectivity index (χ2v) is 4.04. The Labute approximate surface area is 109 Å². The zero-order chi connectivity index (χ0) is 13.8. The van der Waals surface area contributed by atoms with Crippen LogP contribution in [0.2, 0.25) is 0 Å². The number of ether oxygens (including phenoxy) is 1. The van der Waals surface area contributed by atoms with E-state index in [1.807, 2.05) is 0 Å². The molecule has 0 aliphatic heterocycles. The van der Waals surface area contributed by atoms with Crippen LogP contribution >= 0.6 is 0 Å². The van der Waals surface area contributed by atoms with Gasteiger partial charge in [0.25, 0.3) is 0 Å². The molecule has 2 rings (SSSR count). The van der Waals surface area contributed by atoms with Crippen molar-refractivity contribution in [2.45, 2.75) is 12.5 Å². The number of aliphatic hydroxyl groups is 1. The molecule has 0 spiro atoms. The van der Waals surface area contributed by atoms with Crippen LogP contribution in [0.25, 0.3) is 0 Å². The topological polar surface area (TPSA) is 59.7 Å². The maximum Gasteiger partial charge on any atom is 0.373 e. The lowest BCUT2D eigenvalue weighted by molar-refractivity contribution is 0.0555. The molecule has 0 bridgehead atoms. The summed E-state index contributed by atoms with van der Waals surface area (Å²) in [6.07, 6.45) is -0.627. The van der Waals surface area contributed by atoms with Crippen LogP contribution in [-0.2, 0) is 11.2 Å². The van der Waals surface area contributed by atoms with Crippen LogP contribution in [0.3, 0.4) is 0 Å². The summed E-state index contributed by atoms with van der Waals surface area (Å²) < 4.78 is 22.4. The Morgan fingerprint density at radius 3 is 2.63 bits per heavy atom. The van der Waals surface area contributed by atoms with Crippen LogP contribution in [0, 0.1) is 5.82 Å². The van der Waals surface area contributed by atoms with E-state index in [4.69, 9.17) is 4.42 Å². The summed E-state index contributed by atoms with van der Waals surface area (Å²) in [7, 11) is 1.25. The molecule has 1 heterocycles. The molecule has 1 atom stereocenters. The van der Waals surface area contributed by atoms with E-state index in [0.717, 1.165) is 5.56 Å². The second kappa shape index (κ2) is 5.67. The van der Waals surface area contributed by atoms with Gasteiger partial charge in [0.1, 0.15) is 17.7 Å². The average Bonchev–Trinajstić information content (AvgIpc) is 2.90. The van der Waals surface area contributed by atoms with Gasteiger partial charge in [-0.3, -0.25) is 0 Å². The fraction of sp³-hybridized carbons (Fsp3) is 0.214. The lowest BCUT2D eigenvalue weighted by Gasteiger charge is -2.07. The van der Waals surface area contributed by atoms with Gasteiger partial charge in [-0.15, -0.1) is 0 Å². The summed E-state index contributed by atoms with van der Waals surface area (Å²) in [4.78, 5) is 11.2. The average molecular weight is 264 g/mol. The zero-order valence-electron chi connectivity index (χ0n) is 10.3. The second-order valence-electron chi connectivity index (χ2n) is 4.04. The summed E-state index contributed by atoms with van der Waals surface area (Å²) in [5.74, 6) is -0.621. The standard InChI is InChI=1S/C14H13FO4/c1-18-14(17)13-7-6-12(19-13)11(16)8-9-2-4-10(15)5-3-9/h2-7,11,16H,8H2,1H3. The number of aliphatic hydroxyl groups excluding tert-OH is 1. The summed E-state index contributed by atoms with van der Waals surface area (Å²) >= 11 is 0. The van der Waals surface area contributed by atoms with Gasteiger partial charge < -0.3 is 14.3 Å². The fourth-order valence-electron chi connectivity index (χ4n) is 1.69. The molecule has 2 aromatic rings. The molecule has 19 heavy (non-hydrogen) atoms. The van der Waals surface area contributed by atoms with Crippen LogP contribution in [0.1, 0.15) is 28.0 Å². The van der Waals surface area contributed by atoms with Gasteiger partial charge in [-0.2, -0.15) is 0 Å². The van der Waals surface area contributed by atoms with Crippen molar-refractivity contribution in [3.05, 3.63) is 59.3 Å². The Morgan fingerprint density at radius 2 is 2.00 bits per heavy atom. The van der Waals surface area contributed by atoms with Gasteiger partial charge in [0, 0.05) is 6.42 Å². The summed E-state index contributed by atoms with van der Waals surface area (Å²) in [6.45, 7) is 0. The van der Waals surface area contributed by atoms with E-state index in [1.54, 1.807) is 12.1 Å². The van der Waals surface area contributed by atoms with Crippen LogP contribution in [0.15, 0.2) is 40.8 Å². The van der Waals surface area contributed by atoms with Gasteiger partial charge in [0.05, 0.1) is 7.11 Å². The highest BCUT2D eigenvalue weighted by molar-refractivity contribution is 5.86. The molecular weight excluding hydrogens is 251 g/mol. The molecule has 0 radical (unpaired) electrons. The Hall–Kier alpha value is -2.14. The van der Waals surface area contributed by atoms with E-state index >= 15 is 0 Å². The first-order valence-electron chi connectivity index (χ1n) is 5.70. The molecule has 0 amide bonds. The highest BCUT2D eigenvalue weighted by Gasteiger charge is 2.17. The van der Waals surface area contributed by atoms with Crippen LogP contribution < -0.4 is 0 Å². The number of benzene rings is 1. The van der Waals surface area contributed by atoms with E-state index in [1.165, 1.54) is 31.4 Å². The number of carbonyl (C=O) groups excluding carboxylic acids is 1. The predicted octanol–water partition coefficient (Wildman–Crippen LogP) is 2.48. The maximum atomic E-state index is 12.7. The minimum absolute atomic E-state index is 0.0376. The Kier molecular flexibility index (Phi) is 3.97. The number of methoxy groups -OCH3 is 1. The van der Waals surface area contributed by atoms with Crippen molar-refractivity contribution in [2.24, 2.45) is 0 Å². The van der Waals surface area contributed by atoms with Crippen molar-refractivity contribution in [3.63, 3.8) is 0 Å². The number of halogens is 1. The van der Waals surface area contributed by atoms with Gasteiger partial charge in [-0.1, -0.05) is 12.1 Å². The first-order valence-corrected chi connectivity index (χ1v) is 5.70. The first kappa shape index (κ1) is 13.3. The maximum absolute atomic E-state index is 12.7. The number of esters is 1. The Morgan fingerprint density at radius 1 is 1.32 bits per heavy atom. The van der Waals surface area contributed by atoms with Gasteiger partial charge in [0.15, 0.2) is 0 Å². The van der Waals surface area contributed by atoms with Crippen molar-refractivity contribution in [1.82, 2.24) is 0 Å². The van der Waals surface area contributed by atoms with Gasteiger partial charge >= 0.3 is 5.97 Å². The van der Waals surface area contributed by atoms with Crippen molar-refractivity contribution in [3.8, 4) is 0 Å².